The van der Waals surface area contributed by atoms with Crippen molar-refractivity contribution in [3.63, 3.8) is 0 Å². The van der Waals surface area contributed by atoms with Gasteiger partial charge in [-0.15, -0.1) is 21.5 Å². The molecule has 0 saturated heterocycles. The first-order valence-corrected chi connectivity index (χ1v) is 10.0. The number of fused-ring (bicyclic) bond motifs is 1. The molecule has 1 aromatic carbocycles. The third-order valence-electron chi connectivity index (χ3n) is 4.92. The van der Waals surface area contributed by atoms with Crippen molar-refractivity contribution in [1.29, 1.82) is 5.26 Å². The number of nitriles is 1. The summed E-state index contributed by atoms with van der Waals surface area (Å²) in [5, 5.41) is 25.3. The van der Waals surface area contributed by atoms with Crippen LogP contribution in [0.5, 0.6) is 0 Å². The fourth-order valence-corrected chi connectivity index (χ4v) is 4.76. The molecule has 4 rings (SSSR count). The second-order valence-electron chi connectivity index (χ2n) is 7.23. The molecule has 1 N–H and O–H groups in total. The number of nitrogens with zero attached hydrogens (tertiary/aromatic N) is 5. The lowest BCUT2D eigenvalue weighted by Gasteiger charge is -2.17. The number of tetrazole rings is 1. The Kier molecular flexibility index (Phi) is 4.92. The average Bonchev–Trinajstić information content (AvgIpc) is 3.25. The van der Waals surface area contributed by atoms with Crippen LogP contribution in [0.2, 0.25) is 0 Å². The molecule has 2 aromatic heterocycles. The molecule has 1 atom stereocenters. The maximum absolute atomic E-state index is 12.5. The molecular formula is C20H20N6OS. The van der Waals surface area contributed by atoms with Crippen LogP contribution in [0.15, 0.2) is 24.3 Å². The predicted octanol–water partition coefficient (Wildman–Crippen LogP) is 3.35. The van der Waals surface area contributed by atoms with E-state index in [1.807, 2.05) is 31.2 Å². The number of hydrogen-bond donors (Lipinski definition) is 1. The summed E-state index contributed by atoms with van der Waals surface area (Å²) >= 11 is 1.51. The van der Waals surface area contributed by atoms with Crippen LogP contribution in [-0.2, 0) is 24.2 Å². The Morgan fingerprint density at radius 1 is 1.39 bits per heavy atom. The predicted molar refractivity (Wildman–Crippen MR) is 107 cm³/mol. The number of amides is 1. The molecule has 7 nitrogen and oxygen atoms in total. The van der Waals surface area contributed by atoms with E-state index in [-0.39, 0.29) is 12.5 Å². The molecule has 8 heteroatoms. The number of aryl methyl sites for hydroxylation is 1. The van der Waals surface area contributed by atoms with Gasteiger partial charge in [-0.3, -0.25) is 4.79 Å². The molecule has 0 unspecified atom stereocenters. The van der Waals surface area contributed by atoms with Gasteiger partial charge >= 0.3 is 0 Å². The highest BCUT2D eigenvalue weighted by atomic mass is 32.1. The van der Waals surface area contributed by atoms with Gasteiger partial charge in [-0.2, -0.15) is 10.1 Å². The lowest BCUT2D eigenvalue weighted by Crippen LogP contribution is -2.20. The van der Waals surface area contributed by atoms with Gasteiger partial charge in [0, 0.05) is 10.4 Å². The van der Waals surface area contributed by atoms with Crippen molar-refractivity contribution >= 4 is 22.2 Å². The van der Waals surface area contributed by atoms with Crippen LogP contribution in [0.4, 0.5) is 5.00 Å². The third kappa shape index (κ3) is 3.66. The number of carbonyl (C=O) groups is 1. The van der Waals surface area contributed by atoms with Gasteiger partial charge in [-0.1, -0.05) is 36.8 Å². The van der Waals surface area contributed by atoms with Gasteiger partial charge in [0.25, 0.3) is 0 Å². The number of carbonyl (C=O) groups excluding carboxylic acids is 1. The first-order chi connectivity index (χ1) is 13.5. The van der Waals surface area contributed by atoms with E-state index in [0.29, 0.717) is 22.3 Å². The number of benzene rings is 1. The van der Waals surface area contributed by atoms with Crippen LogP contribution in [0.1, 0.15) is 34.9 Å². The van der Waals surface area contributed by atoms with Gasteiger partial charge in [-0.05, 0) is 42.9 Å². The zero-order valence-electron chi connectivity index (χ0n) is 15.8. The molecule has 0 aliphatic heterocycles. The van der Waals surface area contributed by atoms with Gasteiger partial charge in [0.05, 0.1) is 5.56 Å². The summed E-state index contributed by atoms with van der Waals surface area (Å²) in [4.78, 5) is 15.0. The van der Waals surface area contributed by atoms with Gasteiger partial charge < -0.3 is 5.32 Å². The molecule has 1 aliphatic carbocycles. The SMILES string of the molecule is Cc1ccc(-c2nnn(CC(=O)Nc3sc4c(c3C#N)CC[C@@H](C)C4)n2)cc1. The second-order valence-corrected chi connectivity index (χ2v) is 8.33. The van der Waals surface area contributed by atoms with Crippen LogP contribution in [0.25, 0.3) is 11.4 Å². The summed E-state index contributed by atoms with van der Waals surface area (Å²) in [5.74, 6) is 0.822. The minimum Gasteiger partial charge on any atom is -0.315 e. The topological polar surface area (TPSA) is 96.5 Å². The largest absolute Gasteiger partial charge is 0.315 e. The van der Waals surface area contributed by atoms with Crippen LogP contribution in [-0.4, -0.2) is 26.1 Å². The molecular weight excluding hydrogens is 372 g/mol. The second kappa shape index (κ2) is 7.52. The monoisotopic (exact) mass is 392 g/mol. The molecule has 0 fully saturated rings. The highest BCUT2D eigenvalue weighted by molar-refractivity contribution is 7.16. The van der Waals surface area contributed by atoms with Gasteiger partial charge in [-0.25, -0.2) is 0 Å². The van der Waals surface area contributed by atoms with E-state index in [1.54, 1.807) is 0 Å². The number of nitrogens with one attached hydrogen (secondary N) is 1. The molecule has 0 bridgehead atoms. The summed E-state index contributed by atoms with van der Waals surface area (Å²) in [5.41, 5.74) is 3.70. The number of hydrogen-bond acceptors (Lipinski definition) is 6. The Hall–Kier alpha value is -3.05. The van der Waals surface area contributed by atoms with Crippen molar-refractivity contribution in [1.82, 2.24) is 20.2 Å². The Bertz CT molecular complexity index is 1060. The van der Waals surface area contributed by atoms with E-state index in [4.69, 9.17) is 0 Å². The molecule has 0 spiro atoms. The van der Waals surface area contributed by atoms with Crippen molar-refractivity contribution < 1.29 is 4.79 Å². The number of thiophene rings is 1. The molecule has 0 saturated carbocycles. The van der Waals surface area contributed by atoms with E-state index < -0.39 is 0 Å². The number of rotatable bonds is 4. The van der Waals surface area contributed by atoms with Crippen molar-refractivity contribution in [2.75, 3.05) is 5.32 Å². The third-order valence-corrected chi connectivity index (χ3v) is 6.09. The summed E-state index contributed by atoms with van der Waals surface area (Å²) in [6.45, 7) is 4.18. The van der Waals surface area contributed by atoms with Crippen molar-refractivity contribution in [2.45, 2.75) is 39.7 Å². The van der Waals surface area contributed by atoms with E-state index in [1.165, 1.54) is 21.0 Å². The number of anilines is 1. The van der Waals surface area contributed by atoms with Crippen LogP contribution in [0, 0.1) is 24.2 Å². The fourth-order valence-electron chi connectivity index (χ4n) is 3.38. The molecule has 3 aromatic rings. The van der Waals surface area contributed by atoms with Crippen molar-refractivity contribution in [2.24, 2.45) is 5.92 Å². The molecule has 0 radical (unpaired) electrons. The van der Waals surface area contributed by atoms with Crippen molar-refractivity contribution in [3.8, 4) is 17.5 Å². The maximum Gasteiger partial charge on any atom is 0.248 e. The van der Waals surface area contributed by atoms with Crippen LogP contribution in [0.3, 0.4) is 0 Å². The quantitative estimate of drug-likeness (QED) is 0.734. The van der Waals surface area contributed by atoms with Gasteiger partial charge in [0.1, 0.15) is 17.6 Å². The Balaban J connectivity index is 1.47. The fraction of sp³-hybridized carbons (Fsp3) is 0.350. The van der Waals surface area contributed by atoms with E-state index in [2.05, 4.69) is 33.7 Å². The summed E-state index contributed by atoms with van der Waals surface area (Å²) in [6.07, 6.45) is 2.95. The zero-order valence-corrected chi connectivity index (χ0v) is 16.6. The highest BCUT2D eigenvalue weighted by Crippen LogP contribution is 2.39. The highest BCUT2D eigenvalue weighted by Gasteiger charge is 2.24. The smallest absolute Gasteiger partial charge is 0.248 e. The lowest BCUT2D eigenvalue weighted by atomic mass is 9.89. The molecule has 28 heavy (non-hydrogen) atoms. The first-order valence-electron chi connectivity index (χ1n) is 9.23. The minimum absolute atomic E-state index is 0.0529. The van der Waals surface area contributed by atoms with Gasteiger partial charge in [0.15, 0.2) is 0 Å². The Morgan fingerprint density at radius 3 is 2.93 bits per heavy atom. The van der Waals surface area contributed by atoms with Crippen LogP contribution < -0.4 is 5.32 Å². The average molecular weight is 392 g/mol. The normalized spacial score (nSPS) is 15.7. The molecule has 2 heterocycles. The van der Waals surface area contributed by atoms with E-state index >= 15 is 0 Å². The lowest BCUT2D eigenvalue weighted by molar-refractivity contribution is -0.117. The maximum atomic E-state index is 12.5. The van der Waals surface area contributed by atoms with Crippen molar-refractivity contribution in [3.05, 3.63) is 45.8 Å². The van der Waals surface area contributed by atoms with E-state index in [0.717, 1.165) is 36.0 Å². The molecule has 1 amide bonds. The van der Waals surface area contributed by atoms with E-state index in [9.17, 15) is 10.1 Å². The van der Waals surface area contributed by atoms with Crippen LogP contribution >= 0.6 is 11.3 Å². The minimum atomic E-state index is -0.268. The van der Waals surface area contributed by atoms with Gasteiger partial charge in [0.2, 0.25) is 11.7 Å². The summed E-state index contributed by atoms with van der Waals surface area (Å²) in [7, 11) is 0. The summed E-state index contributed by atoms with van der Waals surface area (Å²) in [6, 6.07) is 10.1. The zero-order chi connectivity index (χ0) is 19.7. The Morgan fingerprint density at radius 2 is 2.18 bits per heavy atom. The Labute approximate surface area is 167 Å². The first kappa shape index (κ1) is 18.3. The molecule has 1 aliphatic rings. The standard InChI is InChI=1S/C20H20N6OS/c1-12-3-6-14(7-4-12)19-23-25-26(24-19)11-18(27)22-20-16(10-21)15-8-5-13(2)9-17(15)28-20/h3-4,6-7,13H,5,8-9,11H2,1-2H3,(H,22,27)/t13-/m1/s1. The summed E-state index contributed by atoms with van der Waals surface area (Å²) < 4.78 is 0. The number of aromatic nitrogens is 4. The molecule has 142 valence electrons.